The highest BCUT2D eigenvalue weighted by Crippen LogP contribution is 2.45. The molecular weight excluding hydrogens is 1200 g/mol. The molecule has 0 fully saturated rings. The molecule has 0 radical (unpaired) electrons. The van der Waals surface area contributed by atoms with Gasteiger partial charge in [0.25, 0.3) is 0 Å². The Labute approximate surface area is 582 Å². The molecule has 8 nitrogen and oxygen atoms in total. The summed E-state index contributed by atoms with van der Waals surface area (Å²) in [7, 11) is 0. The zero-order valence-electron chi connectivity index (χ0n) is 60.6. The van der Waals surface area contributed by atoms with E-state index in [2.05, 4.69) is 257 Å². The Morgan fingerprint density at radius 1 is 0.418 bits per heavy atom. The third kappa shape index (κ3) is 14.9. The van der Waals surface area contributed by atoms with Crippen LogP contribution < -0.4 is 4.90 Å². The number of nitrogens with one attached hydrogen (secondary N) is 2. The summed E-state index contributed by atoms with van der Waals surface area (Å²) in [6, 6.07) is 50.6. The normalized spacial score (nSPS) is 13.1. The van der Waals surface area contributed by atoms with Crippen LogP contribution in [0.2, 0.25) is 0 Å². The molecule has 0 amide bonds. The summed E-state index contributed by atoms with van der Waals surface area (Å²) in [4.78, 5) is 48.6. The van der Waals surface area contributed by atoms with Crippen molar-refractivity contribution >= 4 is 86.1 Å². The highest BCUT2D eigenvalue weighted by molar-refractivity contribution is 6.21. The number of aromatic amines is 2. The van der Waals surface area contributed by atoms with Crippen LogP contribution in [0.15, 0.2) is 140 Å². The maximum absolute atomic E-state index is 13.2. The predicted molar refractivity (Wildman–Crippen MR) is 413 cm³/mol. The molecular formula is C90H99N5O3. The van der Waals surface area contributed by atoms with E-state index < -0.39 is 11.9 Å². The van der Waals surface area contributed by atoms with Crippen LogP contribution in [-0.2, 0) is 39.2 Å². The highest BCUT2D eigenvalue weighted by Gasteiger charge is 2.30. The Balaban J connectivity index is 1.18. The number of carbonyl (C=O) groups excluding carboxylic acids is 2. The average Bonchev–Trinajstić information content (AvgIpc) is 1.07. The van der Waals surface area contributed by atoms with Crippen LogP contribution in [0.1, 0.15) is 262 Å². The quantitative estimate of drug-likeness (QED) is 0.0362. The Bertz CT molecular complexity index is 4600. The number of unbranched alkanes of at least 4 members (excludes halogenated alkanes) is 10. The van der Waals surface area contributed by atoms with Gasteiger partial charge in [0.2, 0.25) is 0 Å². The highest BCUT2D eigenvalue weighted by atomic mass is 16.6. The third-order valence-electron chi connectivity index (χ3n) is 19.9. The van der Waals surface area contributed by atoms with Crippen LogP contribution in [0.4, 0.5) is 17.1 Å². The molecule has 0 aliphatic carbocycles. The predicted octanol–water partition coefficient (Wildman–Crippen LogP) is 24.3. The number of esters is 2. The zero-order chi connectivity index (χ0) is 69.3. The summed E-state index contributed by atoms with van der Waals surface area (Å²) >= 11 is 0. The van der Waals surface area contributed by atoms with Crippen molar-refractivity contribution in [2.24, 2.45) is 0 Å². The summed E-state index contributed by atoms with van der Waals surface area (Å²) in [5, 5.41) is 1.24. The van der Waals surface area contributed by atoms with Crippen molar-refractivity contribution in [3.8, 4) is 34.1 Å². The van der Waals surface area contributed by atoms with Crippen LogP contribution >= 0.6 is 0 Å². The van der Waals surface area contributed by atoms with Crippen molar-refractivity contribution in [1.29, 1.82) is 0 Å². The number of hydrogen-bond acceptors (Lipinski definition) is 6. The van der Waals surface area contributed by atoms with Gasteiger partial charge < -0.3 is 19.6 Å². The van der Waals surface area contributed by atoms with Gasteiger partial charge in [-0.1, -0.05) is 246 Å². The first-order valence-corrected chi connectivity index (χ1v) is 36.2. The van der Waals surface area contributed by atoms with E-state index in [4.69, 9.17) is 14.7 Å². The van der Waals surface area contributed by atoms with Crippen LogP contribution in [0.3, 0.4) is 0 Å². The fourth-order valence-electron chi connectivity index (χ4n) is 13.9. The van der Waals surface area contributed by atoms with Gasteiger partial charge in [0, 0.05) is 44.5 Å². The maximum Gasteiger partial charge on any atom is 0.346 e. The second-order valence-electron chi connectivity index (χ2n) is 31.6. The number of benzene rings is 6. The van der Waals surface area contributed by atoms with Gasteiger partial charge in [0.1, 0.15) is 0 Å². The molecule has 0 saturated carbocycles. The average molecular weight is 1300 g/mol. The molecule has 0 atom stereocenters. The molecule has 0 unspecified atom stereocenters. The van der Waals surface area contributed by atoms with Crippen molar-refractivity contribution in [1.82, 2.24) is 19.9 Å². The van der Waals surface area contributed by atoms with Gasteiger partial charge >= 0.3 is 11.9 Å². The van der Waals surface area contributed by atoms with Crippen LogP contribution in [0.25, 0.3) is 79.4 Å². The molecule has 12 rings (SSSR count). The van der Waals surface area contributed by atoms with Crippen LogP contribution in [0, 0.1) is 11.8 Å². The smallest absolute Gasteiger partial charge is 0.346 e. The van der Waals surface area contributed by atoms with E-state index in [0.29, 0.717) is 38.7 Å². The summed E-state index contributed by atoms with van der Waals surface area (Å²) in [6.07, 6.45) is 25.8. The van der Waals surface area contributed by atoms with E-state index in [-0.39, 0.29) is 21.7 Å². The third-order valence-corrected chi connectivity index (χ3v) is 19.9. The minimum atomic E-state index is -0.665. The van der Waals surface area contributed by atoms with Crippen LogP contribution in [-0.4, -0.2) is 31.9 Å². The second kappa shape index (κ2) is 28.3. The second-order valence-corrected chi connectivity index (χ2v) is 31.6. The summed E-state index contributed by atoms with van der Waals surface area (Å²) in [5.41, 5.74) is 22.5. The van der Waals surface area contributed by atoms with E-state index in [1.54, 1.807) is 12.1 Å². The minimum Gasteiger partial charge on any atom is -0.386 e. The monoisotopic (exact) mass is 1300 g/mol. The van der Waals surface area contributed by atoms with Gasteiger partial charge in [-0.2, -0.15) is 0 Å². The number of rotatable bonds is 19. The van der Waals surface area contributed by atoms with Gasteiger partial charge in [-0.3, -0.25) is 0 Å². The fourth-order valence-corrected chi connectivity index (χ4v) is 13.9. The Morgan fingerprint density at radius 3 is 1.33 bits per heavy atom. The Hall–Kier alpha value is -9.32. The maximum atomic E-state index is 13.2. The number of ether oxygens (including phenoxy) is 1. The fraction of sp³-hybridized carbons (Fsp3) is 0.356. The number of aryl methyl sites for hydroxylation is 2. The molecule has 6 aromatic carbocycles. The number of H-pyrrole nitrogens is 2. The number of carbonyl (C=O) groups is 2. The molecule has 9 aromatic rings. The molecule has 8 bridgehead atoms. The minimum absolute atomic E-state index is 0.174. The van der Waals surface area contributed by atoms with E-state index in [0.717, 1.165) is 91.3 Å². The lowest BCUT2D eigenvalue weighted by molar-refractivity contribution is 0.0391. The zero-order valence-corrected chi connectivity index (χ0v) is 60.6. The Kier molecular flexibility index (Phi) is 19.8. The lowest BCUT2D eigenvalue weighted by Crippen LogP contribution is -2.19. The largest absolute Gasteiger partial charge is 0.386 e. The topological polar surface area (TPSA) is 104 Å². The van der Waals surface area contributed by atoms with Crippen molar-refractivity contribution in [3.63, 3.8) is 0 Å². The van der Waals surface area contributed by atoms with Gasteiger partial charge in [-0.15, -0.1) is 0 Å². The van der Waals surface area contributed by atoms with E-state index in [1.807, 2.05) is 18.2 Å². The molecule has 3 aliphatic rings. The first-order chi connectivity index (χ1) is 46.8. The number of hydrogen-bond donors (Lipinski definition) is 2. The molecule has 8 heteroatoms. The van der Waals surface area contributed by atoms with E-state index in [1.165, 1.54) is 110 Å². The lowest BCUT2D eigenvalue weighted by atomic mass is 9.78. The standard InChI is InChI=1S/C90H99N5O3/c1-15-17-19-21-23-25-28-58-32-38-67(39-33-58)95(68-40-34-59(35-41-68)29-26-24-22-20-18-16-2)84-79-50-48-77(93-79)81(61-52-63(87(3,4)5)56-64(53-61)88(6,7)8)75-46-44-73(91-75)70(42-36-60-37-43-72-83-69(60)30-27-31-71(83)85(96)98-86(72)97)74-45-47-76(92-74)82(78-49-51-80(84)94-78)62-54-65(89(9,10)11)57-66(55-62)90(12,13)14/h27,30-35,37-41,43-57,91,94H,15-26,28-29H2,1-14H3. The molecule has 6 heterocycles. The van der Waals surface area contributed by atoms with E-state index in [9.17, 15) is 9.59 Å². The first-order valence-electron chi connectivity index (χ1n) is 36.2. The number of aromatic nitrogens is 4. The number of fused-ring (bicyclic) bond motifs is 8. The molecule has 3 aromatic heterocycles. The SMILES string of the molecule is CCCCCCCCc1ccc(N(c2ccc(CCCCCCCC)cc2)c2c3nc(c(-c4cc(C(C)(C)C)cc(C(C)(C)C)c4)c4ccc([nH]4)c(C#Cc4ccc5c6c(cccc46)C(=O)OC5=O)c4nc(c(-c5cc(C(C)(C)C)cc(C(C)(C)C)c5)c5ccc2[nH]5)C=C4)C=C3)cc1. The van der Waals surface area contributed by atoms with Gasteiger partial charge in [-0.05, 0) is 188 Å². The van der Waals surface area contributed by atoms with Crippen molar-refractivity contribution in [3.05, 3.63) is 218 Å². The van der Waals surface area contributed by atoms with Crippen molar-refractivity contribution < 1.29 is 14.3 Å². The summed E-state index contributed by atoms with van der Waals surface area (Å²) in [6.45, 7) is 32.1. The number of cyclic esters (lactones) is 2. The molecule has 2 N–H and O–H groups in total. The van der Waals surface area contributed by atoms with E-state index >= 15 is 0 Å². The molecule has 3 aliphatic heterocycles. The molecule has 98 heavy (non-hydrogen) atoms. The number of nitrogens with zero attached hydrogens (tertiary/aromatic N) is 3. The van der Waals surface area contributed by atoms with Gasteiger partial charge in [0.15, 0.2) is 0 Å². The molecule has 0 saturated heterocycles. The molecule has 502 valence electrons. The van der Waals surface area contributed by atoms with Gasteiger partial charge in [0.05, 0.1) is 56.2 Å². The first kappa shape index (κ1) is 68.6. The van der Waals surface area contributed by atoms with Gasteiger partial charge in [-0.25, -0.2) is 19.6 Å². The lowest BCUT2D eigenvalue weighted by Gasteiger charge is -2.27. The Morgan fingerprint density at radius 2 is 0.837 bits per heavy atom. The summed E-state index contributed by atoms with van der Waals surface area (Å²) in [5.74, 6) is 5.89. The number of anilines is 3. The van der Waals surface area contributed by atoms with Crippen molar-refractivity contribution in [2.45, 2.75) is 208 Å². The molecule has 0 spiro atoms. The summed E-state index contributed by atoms with van der Waals surface area (Å²) < 4.78 is 5.17. The van der Waals surface area contributed by atoms with Crippen LogP contribution in [0.5, 0.6) is 0 Å². The van der Waals surface area contributed by atoms with Crippen molar-refractivity contribution in [2.75, 3.05) is 4.90 Å².